The minimum atomic E-state index is -0.595. The molecule has 0 saturated heterocycles. The molecule has 0 aliphatic rings. The van der Waals surface area contributed by atoms with Crippen molar-refractivity contribution in [3.05, 3.63) is 154 Å². The first-order chi connectivity index (χ1) is 26.7. The minimum absolute atomic E-state index is 0.0205. The zero-order chi connectivity index (χ0) is 38.7. The van der Waals surface area contributed by atoms with Gasteiger partial charge in [0.05, 0.1) is 27.0 Å². The Hall–Kier alpha value is -5.89. The maximum atomic E-state index is 13.8. The summed E-state index contributed by atoms with van der Waals surface area (Å²) < 4.78 is 17.4. The van der Waals surface area contributed by atoms with Crippen LogP contribution in [0.5, 0.6) is 17.2 Å². The molecule has 13 heteroatoms. The third-order valence-corrected chi connectivity index (χ3v) is 10.7. The number of ether oxygens (including phenoxy) is 3. The molecule has 55 heavy (non-hydrogen) atoms. The molecular weight excluding hydrogens is 801 g/mol. The lowest BCUT2D eigenvalue weighted by molar-refractivity contribution is -0.116. The Morgan fingerprint density at radius 3 is 2.04 bits per heavy atom. The van der Waals surface area contributed by atoms with Crippen molar-refractivity contribution in [3.63, 3.8) is 0 Å². The van der Waals surface area contributed by atoms with E-state index < -0.39 is 17.1 Å². The topological polar surface area (TPSA) is 128 Å². The fraction of sp³-hybridized carbons (Fsp3) is 0.0952. The highest BCUT2D eigenvalue weighted by Crippen LogP contribution is 2.39. The number of thioether (sulfide) groups is 1. The van der Waals surface area contributed by atoms with Crippen LogP contribution in [-0.4, -0.2) is 44.0 Å². The average Bonchev–Trinajstić information content (AvgIpc) is 3.68. The van der Waals surface area contributed by atoms with E-state index in [0.29, 0.717) is 39.2 Å². The molecule has 1 unspecified atom stereocenters. The van der Waals surface area contributed by atoms with Crippen molar-refractivity contribution in [2.45, 2.75) is 10.1 Å². The first kappa shape index (κ1) is 38.8. The second-order valence-electron chi connectivity index (χ2n) is 11.8. The molecule has 6 aromatic rings. The molecule has 0 fully saturated rings. The number of rotatable bonds is 14. The summed E-state index contributed by atoms with van der Waals surface area (Å²) in [7, 11) is 4.49. The number of anilines is 2. The molecule has 1 aromatic heterocycles. The lowest BCUT2D eigenvalue weighted by Gasteiger charge is -2.17. The lowest BCUT2D eigenvalue weighted by Crippen LogP contribution is -2.30. The Labute approximate surface area is 335 Å². The van der Waals surface area contributed by atoms with Crippen molar-refractivity contribution in [1.29, 1.82) is 0 Å². The molecule has 5 aromatic carbocycles. The highest BCUT2D eigenvalue weighted by atomic mass is 79.9. The van der Waals surface area contributed by atoms with Crippen LogP contribution in [0.4, 0.5) is 10.8 Å². The number of amides is 3. The summed E-state index contributed by atoms with van der Waals surface area (Å²) in [6.45, 7) is 0. The molecule has 1 heterocycles. The first-order valence-electron chi connectivity index (χ1n) is 16.8. The number of carbonyl (C=O) groups excluding carboxylic acids is 3. The molecule has 0 bridgehead atoms. The molecule has 0 aliphatic carbocycles. The average molecular weight is 836 g/mol. The summed E-state index contributed by atoms with van der Waals surface area (Å²) in [5.74, 6) is -0.0917. The molecule has 3 N–H and O–H groups in total. The summed E-state index contributed by atoms with van der Waals surface area (Å²) >= 11 is 6.19. The van der Waals surface area contributed by atoms with Crippen LogP contribution in [0, 0.1) is 0 Å². The van der Waals surface area contributed by atoms with E-state index in [-0.39, 0.29) is 11.6 Å². The van der Waals surface area contributed by atoms with Crippen LogP contribution >= 0.6 is 39.0 Å². The molecule has 0 aliphatic heterocycles. The standard InChI is InChI=1S/C42H35BrN4O6S2/c1-51-35-23-26(24-36(52-2)37(35)53-3)22-33(45-39(48)29-12-8-5-9-13-29)40(49)44-31-18-20-32(21-19-31)55-38(28-10-6-4-7-11-28)41(50)47-42-46-34(25-54-42)27-14-16-30(43)17-15-27/h4-25,38H,1-3H3,(H,44,49)(H,45,48)(H,46,47,50)/b33-22-. The van der Waals surface area contributed by atoms with Crippen LogP contribution in [0.3, 0.4) is 0 Å². The first-order valence-corrected chi connectivity index (χ1v) is 19.3. The molecule has 10 nitrogen and oxygen atoms in total. The normalized spacial score (nSPS) is 11.6. The number of halogens is 1. The summed E-state index contributed by atoms with van der Waals surface area (Å²) in [5.41, 5.74) is 3.90. The van der Waals surface area contributed by atoms with Gasteiger partial charge in [0.2, 0.25) is 11.7 Å². The van der Waals surface area contributed by atoms with Crippen molar-refractivity contribution in [1.82, 2.24) is 10.3 Å². The van der Waals surface area contributed by atoms with Gasteiger partial charge in [-0.1, -0.05) is 76.6 Å². The smallest absolute Gasteiger partial charge is 0.272 e. The number of nitrogens with one attached hydrogen (secondary N) is 3. The summed E-state index contributed by atoms with van der Waals surface area (Å²) in [6.07, 6.45) is 1.53. The Bertz CT molecular complexity index is 2280. The van der Waals surface area contributed by atoms with Crippen molar-refractivity contribution in [2.75, 3.05) is 32.0 Å². The van der Waals surface area contributed by atoms with E-state index in [4.69, 9.17) is 14.2 Å². The van der Waals surface area contributed by atoms with Crippen molar-refractivity contribution in [3.8, 4) is 28.5 Å². The van der Waals surface area contributed by atoms with Gasteiger partial charge in [0.15, 0.2) is 16.6 Å². The van der Waals surface area contributed by atoms with Crippen LogP contribution in [0.15, 0.2) is 142 Å². The van der Waals surface area contributed by atoms with Gasteiger partial charge in [-0.2, -0.15) is 0 Å². The summed E-state index contributed by atoms with van der Waals surface area (Å²) in [6, 6.07) is 36.4. The van der Waals surface area contributed by atoms with Gasteiger partial charge in [0.25, 0.3) is 11.8 Å². The monoisotopic (exact) mass is 834 g/mol. The number of hydrogen-bond donors (Lipinski definition) is 3. The van der Waals surface area contributed by atoms with Crippen LogP contribution in [0.1, 0.15) is 26.7 Å². The minimum Gasteiger partial charge on any atom is -0.493 e. The second kappa shape index (κ2) is 18.4. The highest BCUT2D eigenvalue weighted by Gasteiger charge is 2.24. The Kier molecular flexibility index (Phi) is 13.0. The van der Waals surface area contributed by atoms with Gasteiger partial charge in [0, 0.05) is 31.6 Å². The number of benzene rings is 5. The highest BCUT2D eigenvalue weighted by molar-refractivity contribution is 9.10. The van der Waals surface area contributed by atoms with E-state index in [1.54, 1.807) is 54.6 Å². The van der Waals surface area contributed by atoms with Crippen LogP contribution in [0.25, 0.3) is 17.3 Å². The van der Waals surface area contributed by atoms with Gasteiger partial charge in [-0.05, 0) is 77.9 Å². The summed E-state index contributed by atoms with van der Waals surface area (Å²) in [4.78, 5) is 46.2. The van der Waals surface area contributed by atoms with Crippen LogP contribution in [0.2, 0.25) is 0 Å². The van der Waals surface area contributed by atoms with E-state index in [0.717, 1.165) is 26.2 Å². The predicted octanol–water partition coefficient (Wildman–Crippen LogP) is 9.48. The Morgan fingerprint density at radius 2 is 1.42 bits per heavy atom. The molecule has 3 amide bonds. The third kappa shape index (κ3) is 10.0. The number of methoxy groups -OCH3 is 3. The molecule has 278 valence electrons. The number of hydrogen-bond acceptors (Lipinski definition) is 9. The molecule has 0 saturated carbocycles. The summed E-state index contributed by atoms with van der Waals surface area (Å²) in [5, 5.41) is 10.4. The Morgan fingerprint density at radius 1 is 0.782 bits per heavy atom. The zero-order valence-corrected chi connectivity index (χ0v) is 33.1. The van der Waals surface area contributed by atoms with Gasteiger partial charge >= 0.3 is 0 Å². The van der Waals surface area contributed by atoms with Gasteiger partial charge in [-0.3, -0.25) is 14.4 Å². The van der Waals surface area contributed by atoms with Gasteiger partial charge in [-0.15, -0.1) is 23.1 Å². The van der Waals surface area contributed by atoms with Crippen molar-refractivity contribution < 1.29 is 28.6 Å². The predicted molar refractivity (Wildman–Crippen MR) is 222 cm³/mol. The van der Waals surface area contributed by atoms with Gasteiger partial charge in [-0.25, -0.2) is 4.98 Å². The molecule has 0 radical (unpaired) electrons. The van der Waals surface area contributed by atoms with Crippen molar-refractivity contribution in [2.24, 2.45) is 0 Å². The van der Waals surface area contributed by atoms with E-state index in [2.05, 4.69) is 36.9 Å². The van der Waals surface area contributed by atoms with Gasteiger partial charge in [0.1, 0.15) is 10.9 Å². The SMILES string of the molecule is COc1cc(/C=C(\NC(=O)c2ccccc2)C(=O)Nc2ccc(SC(C(=O)Nc3nc(-c4ccc(Br)cc4)cs3)c3ccccc3)cc2)cc(OC)c1OC. The van der Waals surface area contributed by atoms with Gasteiger partial charge < -0.3 is 30.2 Å². The van der Waals surface area contributed by atoms with E-state index in [9.17, 15) is 14.4 Å². The fourth-order valence-corrected chi connectivity index (χ4v) is 7.41. The third-order valence-electron chi connectivity index (χ3n) is 8.11. The Balaban J connectivity index is 1.21. The van der Waals surface area contributed by atoms with Crippen LogP contribution in [-0.2, 0) is 9.59 Å². The zero-order valence-electron chi connectivity index (χ0n) is 29.9. The van der Waals surface area contributed by atoms with E-state index in [1.807, 2.05) is 72.1 Å². The quantitative estimate of drug-likeness (QED) is 0.0732. The number of nitrogens with zero attached hydrogens (tertiary/aromatic N) is 1. The second-order valence-corrected chi connectivity index (χ2v) is 14.7. The number of carbonyl (C=O) groups is 3. The van der Waals surface area contributed by atoms with E-state index >= 15 is 0 Å². The largest absolute Gasteiger partial charge is 0.493 e. The molecule has 1 atom stereocenters. The maximum Gasteiger partial charge on any atom is 0.272 e. The number of thiazole rings is 1. The maximum absolute atomic E-state index is 13.8. The van der Waals surface area contributed by atoms with E-state index in [1.165, 1.54) is 50.5 Å². The number of aromatic nitrogens is 1. The van der Waals surface area contributed by atoms with Crippen molar-refractivity contribution >= 4 is 73.6 Å². The fourth-order valence-electron chi connectivity index (χ4n) is 5.40. The lowest BCUT2D eigenvalue weighted by atomic mass is 10.1. The molecular formula is C42H35BrN4O6S2. The molecule has 0 spiro atoms. The molecule has 6 rings (SSSR count). The van der Waals surface area contributed by atoms with Crippen LogP contribution < -0.4 is 30.2 Å².